The van der Waals surface area contributed by atoms with E-state index in [0.717, 1.165) is 21.8 Å². The van der Waals surface area contributed by atoms with Crippen molar-refractivity contribution in [3.8, 4) is 0 Å². The molecule has 0 saturated heterocycles. The molecule has 92 valence electrons. The Kier molecular flexibility index (Phi) is 5.14. The Labute approximate surface area is 112 Å². The van der Waals surface area contributed by atoms with Crippen LogP contribution in [0.15, 0.2) is 28.7 Å². The fourth-order valence-electron chi connectivity index (χ4n) is 1.42. The summed E-state index contributed by atoms with van der Waals surface area (Å²) in [5, 5.41) is 10.3. The largest absolute Gasteiger partial charge is 0.288 e. The van der Waals surface area contributed by atoms with Crippen molar-refractivity contribution in [3.05, 3.63) is 44.4 Å². The molecule has 1 aromatic rings. The lowest BCUT2D eigenvalue weighted by Gasteiger charge is -2.17. The zero-order valence-corrected chi connectivity index (χ0v) is 11.8. The Bertz CT molecular complexity index is 438. The van der Waals surface area contributed by atoms with Gasteiger partial charge < -0.3 is 0 Å². The number of carbonyl (C=O) groups is 1. The predicted octanol–water partition coefficient (Wildman–Crippen LogP) is 3.44. The molecule has 0 aliphatic rings. The molecule has 0 amide bonds. The van der Waals surface area contributed by atoms with Gasteiger partial charge in [0.05, 0.1) is 0 Å². The van der Waals surface area contributed by atoms with Gasteiger partial charge in [-0.2, -0.15) is 0 Å². The Morgan fingerprint density at radius 2 is 2.06 bits per heavy atom. The number of hydrogen-bond donors (Lipinski definition) is 0. The van der Waals surface area contributed by atoms with Crippen molar-refractivity contribution >= 4 is 32.8 Å². The molecule has 6 heteroatoms. The molecule has 0 aliphatic carbocycles. The first-order valence-electron chi connectivity index (χ1n) is 4.98. The van der Waals surface area contributed by atoms with Crippen LogP contribution in [0.5, 0.6) is 0 Å². The SMILES string of the molecule is CC(=O)S[C@@H](c1ccccc1Br)[C@@H](C)[N+](=O)[O-]. The molecule has 0 aliphatic heterocycles. The van der Waals surface area contributed by atoms with Crippen molar-refractivity contribution in [2.24, 2.45) is 0 Å². The Balaban J connectivity index is 3.10. The normalized spacial score (nSPS) is 14.1. The maximum Gasteiger partial charge on any atom is 0.226 e. The molecule has 17 heavy (non-hydrogen) atoms. The maximum atomic E-state index is 11.2. The molecule has 0 bridgehead atoms. The summed E-state index contributed by atoms with van der Waals surface area (Å²) in [5.74, 6) is 0. The van der Waals surface area contributed by atoms with Gasteiger partial charge in [-0.15, -0.1) is 0 Å². The van der Waals surface area contributed by atoms with E-state index in [1.54, 1.807) is 12.1 Å². The van der Waals surface area contributed by atoms with Gasteiger partial charge >= 0.3 is 0 Å². The van der Waals surface area contributed by atoms with Crippen LogP contribution in [0.1, 0.15) is 24.7 Å². The quantitative estimate of drug-likeness (QED) is 0.630. The summed E-state index contributed by atoms with van der Waals surface area (Å²) in [6, 6.07) is 6.43. The van der Waals surface area contributed by atoms with E-state index >= 15 is 0 Å². The lowest BCUT2D eigenvalue weighted by molar-refractivity contribution is -0.518. The number of halogens is 1. The number of carbonyl (C=O) groups excluding carboxylic acids is 1. The molecule has 0 heterocycles. The minimum Gasteiger partial charge on any atom is -0.288 e. The first-order valence-corrected chi connectivity index (χ1v) is 6.66. The second-order valence-electron chi connectivity index (χ2n) is 3.58. The molecule has 0 unspecified atom stereocenters. The zero-order chi connectivity index (χ0) is 13.0. The van der Waals surface area contributed by atoms with Gasteiger partial charge in [0.25, 0.3) is 0 Å². The van der Waals surface area contributed by atoms with Crippen LogP contribution < -0.4 is 0 Å². The zero-order valence-electron chi connectivity index (χ0n) is 9.42. The molecule has 1 aromatic carbocycles. The number of rotatable bonds is 4. The average Bonchev–Trinajstić information content (AvgIpc) is 2.25. The van der Waals surface area contributed by atoms with Gasteiger partial charge in [0.1, 0.15) is 5.25 Å². The minimum atomic E-state index is -0.817. The third-order valence-corrected chi connectivity index (χ3v) is 4.23. The topological polar surface area (TPSA) is 60.2 Å². The highest BCUT2D eigenvalue weighted by Crippen LogP contribution is 2.37. The second kappa shape index (κ2) is 6.16. The molecule has 0 spiro atoms. The van der Waals surface area contributed by atoms with E-state index in [-0.39, 0.29) is 10.0 Å². The van der Waals surface area contributed by atoms with Gasteiger partial charge in [-0.1, -0.05) is 45.9 Å². The Morgan fingerprint density at radius 1 is 1.47 bits per heavy atom. The molecule has 1 rings (SSSR count). The smallest absolute Gasteiger partial charge is 0.226 e. The van der Waals surface area contributed by atoms with Crippen molar-refractivity contribution in [2.75, 3.05) is 0 Å². The van der Waals surface area contributed by atoms with Crippen LogP contribution in [0.3, 0.4) is 0 Å². The van der Waals surface area contributed by atoms with E-state index < -0.39 is 11.3 Å². The lowest BCUT2D eigenvalue weighted by atomic mass is 10.1. The summed E-state index contributed by atoms with van der Waals surface area (Å²) in [5.41, 5.74) is 0.775. The van der Waals surface area contributed by atoms with Gasteiger partial charge in [0, 0.05) is 23.2 Å². The van der Waals surface area contributed by atoms with Crippen LogP contribution in [-0.4, -0.2) is 16.1 Å². The number of thioether (sulfide) groups is 1. The average molecular weight is 318 g/mol. The number of nitrogens with zero attached hydrogens (tertiary/aromatic N) is 1. The van der Waals surface area contributed by atoms with E-state index in [1.165, 1.54) is 13.8 Å². The van der Waals surface area contributed by atoms with Crippen molar-refractivity contribution < 1.29 is 9.72 Å². The monoisotopic (exact) mass is 317 g/mol. The van der Waals surface area contributed by atoms with Gasteiger partial charge in [0.2, 0.25) is 6.04 Å². The lowest BCUT2D eigenvalue weighted by Crippen LogP contribution is -2.23. The number of hydrogen-bond acceptors (Lipinski definition) is 4. The summed E-state index contributed by atoms with van der Waals surface area (Å²) < 4.78 is 0.785. The van der Waals surface area contributed by atoms with E-state index in [0.29, 0.717) is 0 Å². The number of benzene rings is 1. The molecular weight excluding hydrogens is 306 g/mol. The van der Waals surface area contributed by atoms with Crippen LogP contribution >= 0.6 is 27.7 Å². The first-order chi connectivity index (χ1) is 7.93. The molecular formula is C11H12BrNO3S. The van der Waals surface area contributed by atoms with Crippen LogP contribution in [0, 0.1) is 10.1 Å². The van der Waals surface area contributed by atoms with Gasteiger partial charge in [-0.25, -0.2) is 0 Å². The van der Waals surface area contributed by atoms with Crippen LogP contribution in [-0.2, 0) is 4.79 Å². The summed E-state index contributed by atoms with van der Waals surface area (Å²) in [7, 11) is 0. The molecule has 0 radical (unpaired) electrons. The van der Waals surface area contributed by atoms with Crippen LogP contribution in [0.2, 0.25) is 0 Å². The highest BCUT2D eigenvalue weighted by molar-refractivity contribution is 9.10. The fourth-order valence-corrected chi connectivity index (χ4v) is 3.09. The van der Waals surface area contributed by atoms with E-state index in [1.807, 2.05) is 12.1 Å². The van der Waals surface area contributed by atoms with Gasteiger partial charge in [0.15, 0.2) is 5.12 Å². The van der Waals surface area contributed by atoms with Crippen molar-refractivity contribution in [2.45, 2.75) is 25.1 Å². The van der Waals surface area contributed by atoms with Gasteiger partial charge in [-0.3, -0.25) is 14.9 Å². The molecule has 0 aromatic heterocycles. The van der Waals surface area contributed by atoms with Gasteiger partial charge in [-0.05, 0) is 11.6 Å². The van der Waals surface area contributed by atoms with E-state index in [4.69, 9.17) is 0 Å². The Hall–Kier alpha value is -0.880. The molecule has 0 N–H and O–H groups in total. The molecule has 0 fully saturated rings. The van der Waals surface area contributed by atoms with Crippen molar-refractivity contribution in [3.63, 3.8) is 0 Å². The third-order valence-electron chi connectivity index (χ3n) is 2.28. The van der Waals surface area contributed by atoms with Crippen molar-refractivity contribution in [1.29, 1.82) is 0 Å². The summed E-state index contributed by atoms with van der Waals surface area (Å²) in [6.45, 7) is 2.93. The highest BCUT2D eigenvalue weighted by Gasteiger charge is 2.31. The first kappa shape index (κ1) is 14.2. The Morgan fingerprint density at radius 3 is 2.53 bits per heavy atom. The van der Waals surface area contributed by atoms with E-state index in [2.05, 4.69) is 15.9 Å². The van der Waals surface area contributed by atoms with Crippen molar-refractivity contribution in [1.82, 2.24) is 0 Å². The maximum absolute atomic E-state index is 11.2. The van der Waals surface area contributed by atoms with Crippen LogP contribution in [0.25, 0.3) is 0 Å². The standard InChI is InChI=1S/C11H12BrNO3S/c1-7(13(15)16)11(17-8(2)14)9-5-3-4-6-10(9)12/h3-7,11H,1-2H3/t7-,11-/m1/s1. The predicted molar refractivity (Wildman–Crippen MR) is 71.6 cm³/mol. The van der Waals surface area contributed by atoms with E-state index in [9.17, 15) is 14.9 Å². The molecule has 0 saturated carbocycles. The molecule has 4 nitrogen and oxygen atoms in total. The summed E-state index contributed by atoms with van der Waals surface area (Å²) >= 11 is 4.35. The minimum absolute atomic E-state index is 0.126. The summed E-state index contributed by atoms with van der Waals surface area (Å²) in [6.07, 6.45) is 0. The fraction of sp³-hybridized carbons (Fsp3) is 0.364. The highest BCUT2D eigenvalue weighted by atomic mass is 79.9. The third kappa shape index (κ3) is 3.81. The second-order valence-corrected chi connectivity index (χ2v) is 5.75. The molecule has 2 atom stereocenters. The van der Waals surface area contributed by atoms with Crippen LogP contribution in [0.4, 0.5) is 0 Å². The summed E-state index contributed by atoms with van der Waals surface area (Å²) in [4.78, 5) is 21.7. The number of nitro groups is 1.